The number of imidazole rings is 1. The van der Waals surface area contributed by atoms with Crippen LogP contribution in [0.5, 0.6) is 0 Å². The van der Waals surface area contributed by atoms with Crippen LogP contribution in [0.2, 0.25) is 0 Å². The zero-order valence-corrected chi connectivity index (χ0v) is 12.9. The number of aryl methyl sites for hydroxylation is 1. The zero-order valence-electron chi connectivity index (χ0n) is 12.9. The second-order valence-electron chi connectivity index (χ2n) is 6.10. The molecule has 3 heteroatoms. The highest BCUT2D eigenvalue weighted by Gasteiger charge is 2.39. The normalized spacial score (nSPS) is 12.3. The lowest BCUT2D eigenvalue weighted by molar-refractivity contribution is 0.194. The predicted molar refractivity (Wildman–Crippen MR) is 82.5 cm³/mol. The zero-order chi connectivity index (χ0) is 14.6. The quantitative estimate of drug-likeness (QED) is 0.863. The summed E-state index contributed by atoms with van der Waals surface area (Å²) in [7, 11) is 0. The van der Waals surface area contributed by atoms with Gasteiger partial charge in [0, 0.05) is 36.1 Å². The van der Waals surface area contributed by atoms with Gasteiger partial charge in [0.1, 0.15) is 5.82 Å². The van der Waals surface area contributed by atoms with Crippen molar-refractivity contribution in [1.29, 1.82) is 0 Å². The third-order valence-corrected chi connectivity index (χ3v) is 4.53. The number of rotatable bonds is 6. The van der Waals surface area contributed by atoms with Crippen molar-refractivity contribution in [2.24, 2.45) is 11.8 Å². The minimum absolute atomic E-state index is 0.0913. The number of hydrogen-bond donors (Lipinski definition) is 1. The Bertz CT molecular complexity index is 492. The molecule has 0 aliphatic heterocycles. The first-order valence-corrected chi connectivity index (χ1v) is 7.47. The van der Waals surface area contributed by atoms with E-state index in [4.69, 9.17) is 0 Å². The van der Waals surface area contributed by atoms with Crippen LogP contribution >= 0.6 is 0 Å². The molecule has 0 spiro atoms. The van der Waals surface area contributed by atoms with Gasteiger partial charge in [0.25, 0.3) is 0 Å². The Morgan fingerprint density at radius 3 is 2.30 bits per heavy atom. The minimum atomic E-state index is 0.0913. The van der Waals surface area contributed by atoms with Crippen molar-refractivity contribution in [3.05, 3.63) is 48.3 Å². The molecule has 0 amide bonds. The van der Waals surface area contributed by atoms with Crippen molar-refractivity contribution >= 4 is 0 Å². The molecule has 0 aliphatic rings. The van der Waals surface area contributed by atoms with Crippen molar-refractivity contribution in [2.75, 3.05) is 0 Å². The van der Waals surface area contributed by atoms with Crippen molar-refractivity contribution in [1.82, 2.24) is 15.0 Å². The molecule has 2 aromatic rings. The van der Waals surface area contributed by atoms with Gasteiger partial charge in [-0.25, -0.2) is 4.98 Å². The standard InChI is InChI=1S/C17H25N3/c1-13(2)17(14(3)4,15-7-5-6-10-18-15)9-8-16-19-11-12-20-16/h5-7,10-14H,8-9H2,1-4H3,(H,19,20). The van der Waals surface area contributed by atoms with Gasteiger partial charge in [-0.2, -0.15) is 0 Å². The van der Waals surface area contributed by atoms with Crippen LogP contribution < -0.4 is 0 Å². The maximum Gasteiger partial charge on any atom is 0.106 e. The molecule has 0 fully saturated rings. The van der Waals surface area contributed by atoms with Gasteiger partial charge in [-0.1, -0.05) is 33.8 Å². The van der Waals surface area contributed by atoms with E-state index < -0.39 is 0 Å². The second kappa shape index (κ2) is 6.21. The molecule has 0 aliphatic carbocycles. The Hall–Kier alpha value is -1.64. The van der Waals surface area contributed by atoms with E-state index in [0.29, 0.717) is 11.8 Å². The van der Waals surface area contributed by atoms with Crippen LogP contribution in [0, 0.1) is 11.8 Å². The molecule has 0 bridgehead atoms. The molecule has 0 atom stereocenters. The number of H-pyrrole nitrogens is 1. The fourth-order valence-electron chi connectivity index (χ4n) is 3.36. The summed E-state index contributed by atoms with van der Waals surface area (Å²) in [5, 5.41) is 0. The summed E-state index contributed by atoms with van der Waals surface area (Å²) in [5.41, 5.74) is 1.30. The third-order valence-electron chi connectivity index (χ3n) is 4.53. The first-order chi connectivity index (χ1) is 9.57. The number of aromatic nitrogens is 3. The highest BCUT2D eigenvalue weighted by atomic mass is 14.9. The molecule has 0 unspecified atom stereocenters. The molecule has 2 rings (SSSR count). The van der Waals surface area contributed by atoms with Crippen LogP contribution in [-0.4, -0.2) is 15.0 Å². The lowest BCUT2D eigenvalue weighted by Gasteiger charge is -2.41. The number of pyridine rings is 1. The smallest absolute Gasteiger partial charge is 0.106 e. The Morgan fingerprint density at radius 1 is 1.05 bits per heavy atom. The van der Waals surface area contributed by atoms with E-state index >= 15 is 0 Å². The van der Waals surface area contributed by atoms with E-state index in [-0.39, 0.29) is 5.41 Å². The van der Waals surface area contributed by atoms with Crippen LogP contribution in [0.4, 0.5) is 0 Å². The summed E-state index contributed by atoms with van der Waals surface area (Å²) in [5.74, 6) is 2.13. The molecule has 0 saturated heterocycles. The van der Waals surface area contributed by atoms with Crippen molar-refractivity contribution in [3.63, 3.8) is 0 Å². The predicted octanol–water partition coefficient (Wildman–Crippen LogP) is 3.99. The van der Waals surface area contributed by atoms with E-state index in [1.807, 2.05) is 24.7 Å². The molecule has 0 saturated carbocycles. The fourth-order valence-corrected chi connectivity index (χ4v) is 3.36. The molecular formula is C17H25N3. The van der Waals surface area contributed by atoms with E-state index in [2.05, 4.69) is 54.8 Å². The number of aromatic amines is 1. The van der Waals surface area contributed by atoms with Gasteiger partial charge in [-0.05, 0) is 30.4 Å². The van der Waals surface area contributed by atoms with Crippen LogP contribution in [0.25, 0.3) is 0 Å². The topological polar surface area (TPSA) is 41.6 Å². The van der Waals surface area contributed by atoms with Crippen LogP contribution in [0.3, 0.4) is 0 Å². The van der Waals surface area contributed by atoms with Crippen molar-refractivity contribution < 1.29 is 0 Å². The van der Waals surface area contributed by atoms with Gasteiger partial charge >= 0.3 is 0 Å². The average Bonchev–Trinajstić information content (AvgIpc) is 2.93. The fraction of sp³-hybridized carbons (Fsp3) is 0.529. The van der Waals surface area contributed by atoms with E-state index in [1.165, 1.54) is 5.69 Å². The van der Waals surface area contributed by atoms with Gasteiger partial charge in [-0.15, -0.1) is 0 Å². The SMILES string of the molecule is CC(C)C(CCc1ncc[nH]1)(c1ccccn1)C(C)C. The second-order valence-corrected chi connectivity index (χ2v) is 6.10. The van der Waals surface area contributed by atoms with Crippen LogP contribution in [0.1, 0.15) is 45.6 Å². The molecule has 108 valence electrons. The number of nitrogens with one attached hydrogen (secondary N) is 1. The molecular weight excluding hydrogens is 246 g/mol. The molecule has 0 radical (unpaired) electrons. The van der Waals surface area contributed by atoms with Crippen LogP contribution in [-0.2, 0) is 11.8 Å². The summed E-state index contributed by atoms with van der Waals surface area (Å²) < 4.78 is 0. The summed E-state index contributed by atoms with van der Waals surface area (Å²) in [6, 6.07) is 6.25. The van der Waals surface area contributed by atoms with Crippen LogP contribution in [0.15, 0.2) is 36.8 Å². The molecule has 0 aromatic carbocycles. The number of hydrogen-bond acceptors (Lipinski definition) is 2. The summed E-state index contributed by atoms with van der Waals surface area (Å²) in [6.07, 6.45) is 7.64. The summed E-state index contributed by atoms with van der Waals surface area (Å²) in [4.78, 5) is 12.2. The Morgan fingerprint density at radius 2 is 1.80 bits per heavy atom. The monoisotopic (exact) mass is 271 g/mol. The molecule has 2 aromatic heterocycles. The van der Waals surface area contributed by atoms with E-state index in [0.717, 1.165) is 18.7 Å². The highest BCUT2D eigenvalue weighted by molar-refractivity contribution is 5.20. The Labute approximate surface area is 121 Å². The van der Waals surface area contributed by atoms with Gasteiger partial charge in [0.15, 0.2) is 0 Å². The highest BCUT2D eigenvalue weighted by Crippen LogP contribution is 2.42. The van der Waals surface area contributed by atoms with E-state index in [1.54, 1.807) is 0 Å². The summed E-state index contributed by atoms with van der Waals surface area (Å²) in [6.45, 7) is 9.21. The minimum Gasteiger partial charge on any atom is -0.349 e. The Balaban J connectivity index is 2.32. The average molecular weight is 271 g/mol. The first kappa shape index (κ1) is 14.8. The van der Waals surface area contributed by atoms with Gasteiger partial charge in [0.2, 0.25) is 0 Å². The molecule has 3 nitrogen and oxygen atoms in total. The largest absolute Gasteiger partial charge is 0.349 e. The van der Waals surface area contributed by atoms with Crippen molar-refractivity contribution in [3.8, 4) is 0 Å². The third kappa shape index (κ3) is 2.77. The van der Waals surface area contributed by atoms with Crippen molar-refractivity contribution in [2.45, 2.75) is 46.0 Å². The lowest BCUT2D eigenvalue weighted by atomic mass is 9.64. The van der Waals surface area contributed by atoms with Gasteiger partial charge in [-0.3, -0.25) is 4.98 Å². The molecule has 2 heterocycles. The molecule has 1 N–H and O–H groups in total. The molecule has 20 heavy (non-hydrogen) atoms. The lowest BCUT2D eigenvalue weighted by Crippen LogP contribution is -2.39. The Kier molecular flexibility index (Phi) is 4.58. The maximum absolute atomic E-state index is 4.66. The van der Waals surface area contributed by atoms with Gasteiger partial charge in [0.05, 0.1) is 0 Å². The maximum atomic E-state index is 4.66. The number of nitrogens with zero attached hydrogens (tertiary/aromatic N) is 2. The first-order valence-electron chi connectivity index (χ1n) is 7.47. The summed E-state index contributed by atoms with van der Waals surface area (Å²) >= 11 is 0. The van der Waals surface area contributed by atoms with E-state index in [9.17, 15) is 0 Å². The van der Waals surface area contributed by atoms with Gasteiger partial charge < -0.3 is 4.98 Å².